The molecule has 12 heteroatoms. The SMILES string of the molecule is CC1=CCC(NC(O)c2cccc(C(F)(F)F)c2)C=C1Nc1nn(C)c2nc(Nc3ccc4c(c3)CNCC4)ncc12. The summed E-state index contributed by atoms with van der Waals surface area (Å²) >= 11 is 0. The van der Waals surface area contributed by atoms with Gasteiger partial charge in [-0.15, -0.1) is 0 Å². The predicted molar refractivity (Wildman–Crippen MR) is 155 cm³/mol. The molecule has 0 spiro atoms. The Bertz CT molecular complexity index is 1690. The van der Waals surface area contributed by atoms with Crippen molar-refractivity contribution in [2.45, 2.75) is 44.8 Å². The minimum absolute atomic E-state index is 0.142. The zero-order valence-corrected chi connectivity index (χ0v) is 23.1. The number of aryl methyl sites for hydroxylation is 1. The van der Waals surface area contributed by atoms with Crippen LogP contribution in [0.1, 0.15) is 41.8 Å². The Morgan fingerprint density at radius 3 is 2.81 bits per heavy atom. The molecule has 1 aliphatic carbocycles. The van der Waals surface area contributed by atoms with Gasteiger partial charge in [0.15, 0.2) is 11.5 Å². The highest BCUT2D eigenvalue weighted by Crippen LogP contribution is 2.31. The fraction of sp³-hybridized carbons (Fsp3) is 0.300. The maximum atomic E-state index is 13.1. The number of rotatable bonds is 7. The molecular weight excluding hydrogens is 545 g/mol. The Balaban J connectivity index is 1.18. The minimum Gasteiger partial charge on any atom is -0.374 e. The number of anilines is 3. The third kappa shape index (κ3) is 5.87. The molecule has 218 valence electrons. The summed E-state index contributed by atoms with van der Waals surface area (Å²) in [6.07, 6.45) is 1.43. The second kappa shape index (κ2) is 11.2. The monoisotopic (exact) mass is 576 g/mol. The van der Waals surface area contributed by atoms with Crippen LogP contribution in [0.3, 0.4) is 0 Å². The van der Waals surface area contributed by atoms with Gasteiger partial charge in [0, 0.05) is 37.2 Å². The van der Waals surface area contributed by atoms with Gasteiger partial charge in [-0.3, -0.25) is 5.32 Å². The molecular formula is C30H31F3N8O. The summed E-state index contributed by atoms with van der Waals surface area (Å²) in [7, 11) is 1.81. The van der Waals surface area contributed by atoms with Crippen LogP contribution < -0.4 is 21.3 Å². The van der Waals surface area contributed by atoms with Gasteiger partial charge in [-0.05, 0) is 78.9 Å². The summed E-state index contributed by atoms with van der Waals surface area (Å²) in [6, 6.07) is 10.7. The molecule has 42 heavy (non-hydrogen) atoms. The molecule has 2 aromatic carbocycles. The van der Waals surface area contributed by atoms with Crippen molar-refractivity contribution in [1.82, 2.24) is 30.4 Å². The average Bonchev–Trinajstić information content (AvgIpc) is 3.28. The Kier molecular flexibility index (Phi) is 7.43. The molecule has 5 N–H and O–H groups in total. The number of fused-ring (bicyclic) bond motifs is 2. The van der Waals surface area contributed by atoms with Gasteiger partial charge < -0.3 is 21.1 Å². The molecule has 9 nitrogen and oxygen atoms in total. The number of aliphatic hydroxyl groups is 1. The molecule has 4 aromatic rings. The first-order valence-electron chi connectivity index (χ1n) is 13.7. The average molecular weight is 577 g/mol. The van der Waals surface area contributed by atoms with Crippen molar-refractivity contribution in [3.8, 4) is 0 Å². The van der Waals surface area contributed by atoms with Crippen LogP contribution in [0.2, 0.25) is 0 Å². The summed E-state index contributed by atoms with van der Waals surface area (Å²) in [5.41, 5.74) is 5.24. The van der Waals surface area contributed by atoms with E-state index in [-0.39, 0.29) is 11.6 Å². The Labute approximate surface area is 240 Å². The quantitative estimate of drug-likeness (QED) is 0.194. The van der Waals surface area contributed by atoms with E-state index in [2.05, 4.69) is 43.5 Å². The number of hydrogen-bond acceptors (Lipinski definition) is 8. The predicted octanol–water partition coefficient (Wildman–Crippen LogP) is 5.07. The molecule has 2 unspecified atom stereocenters. The van der Waals surface area contributed by atoms with Gasteiger partial charge in [0.25, 0.3) is 0 Å². The van der Waals surface area contributed by atoms with E-state index < -0.39 is 18.0 Å². The van der Waals surface area contributed by atoms with Gasteiger partial charge in [-0.2, -0.15) is 23.3 Å². The van der Waals surface area contributed by atoms with Gasteiger partial charge in [-0.25, -0.2) is 9.67 Å². The third-order valence-corrected chi connectivity index (χ3v) is 7.55. The van der Waals surface area contributed by atoms with Gasteiger partial charge in [0.1, 0.15) is 6.23 Å². The van der Waals surface area contributed by atoms with Gasteiger partial charge in [-0.1, -0.05) is 24.3 Å². The Morgan fingerprint density at radius 2 is 1.98 bits per heavy atom. The molecule has 3 heterocycles. The standard InChI is InChI=1S/C30H31F3N8O/c1-17-6-8-23(36-28(42)19-4-3-5-21(12-19)30(31,32)33)14-25(17)38-26-24-16-35-29(39-27(24)41(2)40-26)37-22-9-7-18-10-11-34-15-20(18)13-22/h3-7,9,12-14,16,23,28,34,36,42H,8,10-11,15H2,1-2H3,(H,38,40)(H,35,37,39). The maximum absolute atomic E-state index is 13.1. The van der Waals surface area contributed by atoms with Crippen LogP contribution in [-0.2, 0) is 26.2 Å². The molecule has 1 aliphatic heterocycles. The van der Waals surface area contributed by atoms with E-state index >= 15 is 0 Å². The van der Waals surface area contributed by atoms with E-state index in [0.717, 1.165) is 54.0 Å². The number of hydrogen-bond donors (Lipinski definition) is 5. The van der Waals surface area contributed by atoms with Crippen molar-refractivity contribution in [2.75, 3.05) is 17.2 Å². The Hall–Kier alpha value is -4.26. The van der Waals surface area contributed by atoms with E-state index in [4.69, 9.17) is 4.98 Å². The van der Waals surface area contributed by atoms with E-state index in [9.17, 15) is 18.3 Å². The summed E-state index contributed by atoms with van der Waals surface area (Å²) in [5.74, 6) is 1.03. The fourth-order valence-corrected chi connectivity index (χ4v) is 5.26. The molecule has 0 saturated carbocycles. The van der Waals surface area contributed by atoms with E-state index in [1.54, 1.807) is 10.9 Å². The van der Waals surface area contributed by atoms with E-state index in [0.29, 0.717) is 23.8 Å². The van der Waals surface area contributed by atoms with Crippen molar-refractivity contribution in [1.29, 1.82) is 0 Å². The van der Waals surface area contributed by atoms with Crippen LogP contribution >= 0.6 is 0 Å². The number of benzene rings is 2. The van der Waals surface area contributed by atoms with Crippen LogP contribution in [-0.4, -0.2) is 37.4 Å². The number of allylic oxidation sites excluding steroid dienone is 1. The van der Waals surface area contributed by atoms with Crippen LogP contribution in [0.5, 0.6) is 0 Å². The molecule has 2 atom stereocenters. The molecule has 0 fully saturated rings. The summed E-state index contributed by atoms with van der Waals surface area (Å²) in [5, 5.41) is 29.0. The molecule has 2 aromatic heterocycles. The minimum atomic E-state index is -4.48. The summed E-state index contributed by atoms with van der Waals surface area (Å²) < 4.78 is 41.1. The first kappa shape index (κ1) is 27.9. The third-order valence-electron chi connectivity index (χ3n) is 7.55. The van der Waals surface area contributed by atoms with Crippen molar-refractivity contribution in [3.05, 3.63) is 94.3 Å². The van der Waals surface area contributed by atoms with Gasteiger partial charge >= 0.3 is 6.18 Å². The molecule has 0 radical (unpaired) electrons. The summed E-state index contributed by atoms with van der Waals surface area (Å²) in [6.45, 7) is 3.78. The lowest BCUT2D eigenvalue weighted by molar-refractivity contribution is -0.137. The van der Waals surface area contributed by atoms with Crippen molar-refractivity contribution in [3.63, 3.8) is 0 Å². The topological polar surface area (TPSA) is 112 Å². The highest BCUT2D eigenvalue weighted by atomic mass is 19.4. The fourth-order valence-electron chi connectivity index (χ4n) is 5.26. The first-order valence-corrected chi connectivity index (χ1v) is 13.7. The van der Waals surface area contributed by atoms with E-state index in [1.165, 1.54) is 23.3 Å². The van der Waals surface area contributed by atoms with Gasteiger partial charge in [0.2, 0.25) is 5.95 Å². The highest BCUT2D eigenvalue weighted by Gasteiger charge is 2.31. The highest BCUT2D eigenvalue weighted by molar-refractivity contribution is 5.88. The normalized spacial score (nSPS) is 17.8. The largest absolute Gasteiger partial charge is 0.416 e. The van der Waals surface area contributed by atoms with Crippen LogP contribution in [0.4, 0.5) is 30.6 Å². The lowest BCUT2D eigenvalue weighted by atomic mass is 9.99. The second-order valence-electron chi connectivity index (χ2n) is 10.6. The number of nitrogens with zero attached hydrogens (tertiary/aromatic N) is 4. The lowest BCUT2D eigenvalue weighted by Crippen LogP contribution is -2.33. The van der Waals surface area contributed by atoms with E-state index in [1.807, 2.05) is 32.2 Å². The van der Waals surface area contributed by atoms with Crippen molar-refractivity contribution < 1.29 is 18.3 Å². The second-order valence-corrected chi connectivity index (χ2v) is 10.6. The number of aliphatic hydroxyl groups excluding tert-OH is 1. The van der Waals surface area contributed by atoms with Crippen LogP contribution in [0, 0.1) is 0 Å². The maximum Gasteiger partial charge on any atom is 0.416 e. The Morgan fingerprint density at radius 1 is 1.12 bits per heavy atom. The van der Waals surface area contributed by atoms with Crippen molar-refractivity contribution >= 4 is 28.5 Å². The summed E-state index contributed by atoms with van der Waals surface area (Å²) in [4.78, 5) is 9.21. The van der Waals surface area contributed by atoms with Gasteiger partial charge in [0.05, 0.1) is 10.9 Å². The number of aromatic nitrogens is 4. The smallest absolute Gasteiger partial charge is 0.374 e. The van der Waals surface area contributed by atoms with Crippen molar-refractivity contribution in [2.24, 2.45) is 7.05 Å². The molecule has 0 bridgehead atoms. The molecule has 0 saturated heterocycles. The number of nitrogens with one attached hydrogen (secondary N) is 4. The van der Waals surface area contributed by atoms with Crippen LogP contribution in [0.15, 0.2) is 72.1 Å². The molecule has 0 amide bonds. The van der Waals surface area contributed by atoms with Crippen LogP contribution in [0.25, 0.3) is 11.0 Å². The zero-order valence-electron chi connectivity index (χ0n) is 23.1. The number of alkyl halides is 3. The number of halogens is 3. The molecule has 6 rings (SSSR count). The first-order chi connectivity index (χ1) is 20.1. The zero-order chi connectivity index (χ0) is 29.4. The lowest BCUT2D eigenvalue weighted by Gasteiger charge is -2.25. The molecule has 2 aliphatic rings.